The predicted octanol–water partition coefficient (Wildman–Crippen LogP) is 5.16. The monoisotopic (exact) mass is 508 g/mol. The van der Waals surface area contributed by atoms with Crippen LogP contribution in [0.15, 0.2) is 42.6 Å². The van der Waals surface area contributed by atoms with Crippen molar-refractivity contribution in [3.05, 3.63) is 48.2 Å². The summed E-state index contributed by atoms with van der Waals surface area (Å²) < 4.78 is 7.16. The number of aromatic nitrogens is 3. The highest BCUT2D eigenvalue weighted by Crippen LogP contribution is 2.21. The SMILES string of the molecule is CCCCNc1ccc2ncc(-c3ccc(CNC(=O)C(CC(C)C)NC(=O)OC(C)(C)C)cc3)n2n1. The lowest BCUT2D eigenvalue weighted by Gasteiger charge is -2.24. The van der Waals surface area contributed by atoms with Crippen LogP contribution in [-0.2, 0) is 16.1 Å². The standard InChI is InChI=1S/C28H40N6O3/c1-7-8-15-29-24-13-14-25-30-18-23(34(25)33-24)21-11-9-20(10-12-21)17-31-26(35)22(16-19(2)3)32-27(36)37-28(4,5)6/h9-14,18-19,22H,7-8,15-17H2,1-6H3,(H,29,33)(H,31,35)(H,32,36). The molecule has 200 valence electrons. The van der Waals surface area contributed by atoms with Gasteiger partial charge in [0.2, 0.25) is 5.91 Å². The van der Waals surface area contributed by atoms with Crippen LogP contribution in [0.4, 0.5) is 10.6 Å². The third kappa shape index (κ3) is 8.48. The Balaban J connectivity index is 1.64. The summed E-state index contributed by atoms with van der Waals surface area (Å²) in [5.41, 5.74) is 2.96. The quantitative estimate of drug-likeness (QED) is 0.309. The zero-order chi connectivity index (χ0) is 27.0. The molecule has 1 atom stereocenters. The van der Waals surface area contributed by atoms with E-state index in [9.17, 15) is 9.59 Å². The largest absolute Gasteiger partial charge is 0.444 e. The van der Waals surface area contributed by atoms with E-state index in [1.807, 2.05) is 61.0 Å². The zero-order valence-corrected chi connectivity index (χ0v) is 22.8. The van der Waals surface area contributed by atoms with E-state index < -0.39 is 17.7 Å². The lowest BCUT2D eigenvalue weighted by atomic mass is 10.0. The normalized spacial score (nSPS) is 12.4. The average Bonchev–Trinajstić information content (AvgIpc) is 3.24. The average molecular weight is 509 g/mol. The van der Waals surface area contributed by atoms with E-state index in [1.54, 1.807) is 20.8 Å². The van der Waals surface area contributed by atoms with Gasteiger partial charge in [0.05, 0.1) is 11.9 Å². The maximum absolute atomic E-state index is 12.9. The number of fused-ring (bicyclic) bond motifs is 1. The van der Waals surface area contributed by atoms with Crippen LogP contribution in [-0.4, -0.2) is 44.8 Å². The van der Waals surface area contributed by atoms with Gasteiger partial charge in [0.15, 0.2) is 5.65 Å². The van der Waals surface area contributed by atoms with E-state index in [1.165, 1.54) is 0 Å². The summed E-state index contributed by atoms with van der Waals surface area (Å²) in [7, 11) is 0. The van der Waals surface area contributed by atoms with Crippen LogP contribution >= 0.6 is 0 Å². The highest BCUT2D eigenvalue weighted by molar-refractivity contribution is 5.85. The molecule has 1 unspecified atom stereocenters. The highest BCUT2D eigenvalue weighted by atomic mass is 16.6. The molecule has 0 aliphatic carbocycles. The molecular formula is C28H40N6O3. The number of nitrogens with zero attached hydrogens (tertiary/aromatic N) is 3. The Morgan fingerprint density at radius 3 is 2.46 bits per heavy atom. The topological polar surface area (TPSA) is 110 Å². The van der Waals surface area contributed by atoms with Crippen LogP contribution < -0.4 is 16.0 Å². The molecule has 2 amide bonds. The van der Waals surface area contributed by atoms with Gasteiger partial charge in [-0.15, -0.1) is 5.10 Å². The van der Waals surface area contributed by atoms with Crippen molar-refractivity contribution in [1.82, 2.24) is 25.2 Å². The van der Waals surface area contributed by atoms with Gasteiger partial charge in [0.1, 0.15) is 17.5 Å². The molecule has 3 aromatic rings. The number of nitrogens with one attached hydrogen (secondary N) is 3. The van der Waals surface area contributed by atoms with Crippen LogP contribution in [0.3, 0.4) is 0 Å². The Morgan fingerprint density at radius 2 is 1.81 bits per heavy atom. The van der Waals surface area contributed by atoms with Crippen LogP contribution in [0.2, 0.25) is 0 Å². The molecule has 9 heteroatoms. The molecular weight excluding hydrogens is 468 g/mol. The number of rotatable bonds is 11. The van der Waals surface area contributed by atoms with Gasteiger partial charge >= 0.3 is 6.09 Å². The molecule has 3 N–H and O–H groups in total. The Morgan fingerprint density at radius 1 is 1.08 bits per heavy atom. The maximum atomic E-state index is 12.9. The van der Waals surface area contributed by atoms with E-state index >= 15 is 0 Å². The van der Waals surface area contributed by atoms with Crippen molar-refractivity contribution in [2.45, 2.75) is 79.0 Å². The fourth-order valence-corrected chi connectivity index (χ4v) is 3.82. The van der Waals surface area contributed by atoms with Gasteiger partial charge in [-0.3, -0.25) is 4.79 Å². The summed E-state index contributed by atoms with van der Waals surface area (Å²) in [6.07, 6.45) is 3.94. The molecule has 9 nitrogen and oxygen atoms in total. The van der Waals surface area contributed by atoms with Gasteiger partial charge in [-0.2, -0.15) is 0 Å². The fourth-order valence-electron chi connectivity index (χ4n) is 3.82. The van der Waals surface area contributed by atoms with E-state index in [0.717, 1.165) is 47.7 Å². The molecule has 0 spiro atoms. The van der Waals surface area contributed by atoms with E-state index in [-0.39, 0.29) is 11.8 Å². The maximum Gasteiger partial charge on any atom is 0.408 e. The van der Waals surface area contributed by atoms with E-state index in [0.29, 0.717) is 13.0 Å². The Labute approximate surface area is 219 Å². The minimum atomic E-state index is -0.668. The molecule has 2 heterocycles. The van der Waals surface area contributed by atoms with Gasteiger partial charge in [-0.05, 0) is 57.2 Å². The van der Waals surface area contributed by atoms with Crippen molar-refractivity contribution >= 4 is 23.5 Å². The molecule has 37 heavy (non-hydrogen) atoms. The number of alkyl carbamates (subject to hydrolysis) is 1. The molecule has 2 aromatic heterocycles. The second kappa shape index (κ2) is 12.6. The minimum Gasteiger partial charge on any atom is -0.444 e. The highest BCUT2D eigenvalue weighted by Gasteiger charge is 2.25. The first-order chi connectivity index (χ1) is 17.6. The summed E-state index contributed by atoms with van der Waals surface area (Å²) in [4.78, 5) is 29.6. The van der Waals surface area contributed by atoms with Gasteiger partial charge in [-0.1, -0.05) is 51.5 Å². The molecule has 0 aliphatic rings. The van der Waals surface area contributed by atoms with Crippen LogP contribution in [0, 0.1) is 5.92 Å². The number of hydrogen-bond acceptors (Lipinski definition) is 6. The Hall–Kier alpha value is -3.62. The van der Waals surface area contributed by atoms with Gasteiger partial charge in [0, 0.05) is 18.7 Å². The summed E-state index contributed by atoms with van der Waals surface area (Å²) in [5, 5.41) is 13.7. The lowest BCUT2D eigenvalue weighted by molar-refractivity contribution is -0.123. The Bertz CT molecular complexity index is 1180. The number of anilines is 1. The molecule has 0 radical (unpaired) electrons. The van der Waals surface area contributed by atoms with Gasteiger partial charge in [0.25, 0.3) is 0 Å². The number of hydrogen-bond donors (Lipinski definition) is 3. The number of carbonyl (C=O) groups excluding carboxylic acids is 2. The lowest BCUT2D eigenvalue weighted by Crippen LogP contribution is -2.48. The van der Waals surface area contributed by atoms with Crippen molar-refractivity contribution in [1.29, 1.82) is 0 Å². The Kier molecular flexibility index (Phi) is 9.49. The third-order valence-electron chi connectivity index (χ3n) is 5.63. The number of benzene rings is 1. The fraction of sp³-hybridized carbons (Fsp3) is 0.500. The van der Waals surface area contributed by atoms with Crippen LogP contribution in [0.5, 0.6) is 0 Å². The number of unbranched alkanes of at least 4 members (excludes halogenated alkanes) is 1. The summed E-state index contributed by atoms with van der Waals surface area (Å²) in [5.74, 6) is 0.805. The summed E-state index contributed by atoms with van der Waals surface area (Å²) in [6, 6.07) is 11.2. The van der Waals surface area contributed by atoms with Crippen molar-refractivity contribution in [2.24, 2.45) is 5.92 Å². The minimum absolute atomic E-state index is 0.228. The molecule has 0 aliphatic heterocycles. The van der Waals surface area contributed by atoms with Crippen molar-refractivity contribution in [2.75, 3.05) is 11.9 Å². The zero-order valence-electron chi connectivity index (χ0n) is 22.8. The second-order valence-electron chi connectivity index (χ2n) is 10.7. The first-order valence-corrected chi connectivity index (χ1v) is 13.0. The molecule has 0 fully saturated rings. The summed E-state index contributed by atoms with van der Waals surface area (Å²) >= 11 is 0. The molecule has 1 aromatic carbocycles. The molecule has 3 rings (SSSR count). The van der Waals surface area contributed by atoms with Crippen molar-refractivity contribution in [3.63, 3.8) is 0 Å². The van der Waals surface area contributed by atoms with Crippen molar-refractivity contribution in [3.8, 4) is 11.3 Å². The van der Waals surface area contributed by atoms with Gasteiger partial charge < -0.3 is 20.7 Å². The van der Waals surface area contributed by atoms with E-state index in [4.69, 9.17) is 9.84 Å². The number of carbonyl (C=O) groups is 2. The van der Waals surface area contributed by atoms with E-state index in [2.05, 4.69) is 27.9 Å². The smallest absolute Gasteiger partial charge is 0.408 e. The summed E-state index contributed by atoms with van der Waals surface area (Å²) in [6.45, 7) is 12.8. The first-order valence-electron chi connectivity index (χ1n) is 13.0. The van der Waals surface area contributed by atoms with Crippen LogP contribution in [0.25, 0.3) is 16.9 Å². The third-order valence-corrected chi connectivity index (χ3v) is 5.63. The second-order valence-corrected chi connectivity index (χ2v) is 10.7. The number of ether oxygens (including phenoxy) is 1. The van der Waals surface area contributed by atoms with Gasteiger partial charge in [-0.25, -0.2) is 14.3 Å². The first kappa shape index (κ1) is 28.0. The van der Waals surface area contributed by atoms with Crippen molar-refractivity contribution < 1.29 is 14.3 Å². The van der Waals surface area contributed by atoms with Crippen LogP contribution in [0.1, 0.15) is 66.4 Å². The number of imidazole rings is 1. The predicted molar refractivity (Wildman–Crippen MR) is 146 cm³/mol. The molecule has 0 saturated carbocycles. The molecule has 0 bridgehead atoms. The molecule has 0 saturated heterocycles. The number of amides is 2.